The lowest BCUT2D eigenvalue weighted by Crippen LogP contribution is -2.36. The van der Waals surface area contributed by atoms with Crippen molar-refractivity contribution in [2.75, 3.05) is 0 Å². The Balaban J connectivity index is 1.78. The zero-order chi connectivity index (χ0) is 13.9. The van der Waals surface area contributed by atoms with Crippen molar-refractivity contribution < 1.29 is 15.3 Å². The van der Waals surface area contributed by atoms with Gasteiger partial charge in [0.2, 0.25) is 0 Å². The summed E-state index contributed by atoms with van der Waals surface area (Å²) in [7, 11) is 0. The van der Waals surface area contributed by atoms with E-state index in [2.05, 4.69) is 6.92 Å². The molecule has 108 valence electrons. The van der Waals surface area contributed by atoms with Crippen molar-refractivity contribution in [2.24, 2.45) is 0 Å². The molecule has 0 amide bonds. The van der Waals surface area contributed by atoms with E-state index in [1.807, 2.05) is 12.2 Å². The largest absolute Gasteiger partial charge is 0.374 e. The molecule has 2 atom stereocenters. The van der Waals surface area contributed by atoms with Crippen LogP contribution in [-0.2, 0) is 0 Å². The zero-order valence-electron chi connectivity index (χ0n) is 11.5. The summed E-state index contributed by atoms with van der Waals surface area (Å²) in [5.74, 6) is 0. The van der Waals surface area contributed by atoms with Crippen molar-refractivity contribution in [3.05, 3.63) is 23.8 Å². The van der Waals surface area contributed by atoms with Gasteiger partial charge in [0.05, 0.1) is 0 Å². The van der Waals surface area contributed by atoms with Crippen LogP contribution in [0.2, 0.25) is 0 Å². The summed E-state index contributed by atoms with van der Waals surface area (Å²) in [5.41, 5.74) is 1.11. The molecule has 1 fully saturated rings. The molecule has 2 unspecified atom stereocenters. The Bertz CT molecular complexity index is 378. The quantitative estimate of drug-likeness (QED) is 0.364. The normalized spacial score (nSPS) is 32.4. The predicted octanol–water partition coefficient (Wildman–Crippen LogP) is 2.72. The van der Waals surface area contributed by atoms with Gasteiger partial charge >= 0.3 is 0 Å². The molecule has 0 bridgehead atoms. The van der Waals surface area contributed by atoms with Gasteiger partial charge in [-0.2, -0.15) is 0 Å². The lowest BCUT2D eigenvalue weighted by Gasteiger charge is -2.20. The number of aliphatic hydroxyl groups is 3. The van der Waals surface area contributed by atoms with Crippen molar-refractivity contribution in [3.8, 4) is 0 Å². The Labute approximate surface area is 119 Å². The standard InChI is InChI=1S/C15H24O3S/c1-2-3-4-5-6-7-8-12-9-10-15(18)14(11-12,19-15)13(16)17/h9-11,13,16-18H,2-8H2,1H3. The van der Waals surface area contributed by atoms with Crippen LogP contribution in [0.4, 0.5) is 0 Å². The highest BCUT2D eigenvalue weighted by Crippen LogP contribution is 2.67. The molecule has 0 aromatic rings. The third kappa shape index (κ3) is 3.07. The van der Waals surface area contributed by atoms with Crippen LogP contribution in [0, 0.1) is 0 Å². The Morgan fingerprint density at radius 3 is 2.53 bits per heavy atom. The van der Waals surface area contributed by atoms with Gasteiger partial charge in [-0.15, -0.1) is 11.8 Å². The van der Waals surface area contributed by atoms with Gasteiger partial charge in [0.15, 0.2) is 11.2 Å². The van der Waals surface area contributed by atoms with Crippen molar-refractivity contribution in [1.82, 2.24) is 0 Å². The molecule has 3 nitrogen and oxygen atoms in total. The minimum absolute atomic E-state index is 0.917. The molecule has 4 heteroatoms. The van der Waals surface area contributed by atoms with Crippen LogP contribution in [0.3, 0.4) is 0 Å². The van der Waals surface area contributed by atoms with Gasteiger partial charge in [-0.1, -0.05) is 56.8 Å². The van der Waals surface area contributed by atoms with Crippen LogP contribution in [0.15, 0.2) is 23.8 Å². The van der Waals surface area contributed by atoms with Gasteiger partial charge in [-0.05, 0) is 18.9 Å². The molecule has 1 heterocycles. The molecule has 0 aromatic carbocycles. The first-order valence-electron chi connectivity index (χ1n) is 7.24. The summed E-state index contributed by atoms with van der Waals surface area (Å²) in [6.45, 7) is 2.21. The second kappa shape index (κ2) is 6.00. The smallest absolute Gasteiger partial charge is 0.174 e. The molecule has 0 saturated carbocycles. The van der Waals surface area contributed by atoms with Crippen LogP contribution in [-0.4, -0.2) is 31.3 Å². The van der Waals surface area contributed by atoms with E-state index in [9.17, 15) is 15.3 Å². The zero-order valence-corrected chi connectivity index (χ0v) is 12.3. The Kier molecular flexibility index (Phi) is 4.77. The molecule has 0 radical (unpaired) electrons. The maximum Gasteiger partial charge on any atom is 0.174 e. The van der Waals surface area contributed by atoms with Crippen LogP contribution in [0.25, 0.3) is 0 Å². The summed E-state index contributed by atoms with van der Waals surface area (Å²) in [6.07, 6.45) is 12.4. The van der Waals surface area contributed by atoms with Crippen molar-refractivity contribution >= 4 is 11.8 Å². The molecule has 1 aliphatic carbocycles. The van der Waals surface area contributed by atoms with Gasteiger partial charge in [-0.3, -0.25) is 0 Å². The third-order valence-electron chi connectivity index (χ3n) is 3.97. The summed E-state index contributed by atoms with van der Waals surface area (Å²) in [5, 5.41) is 28.9. The second-order valence-corrected chi connectivity index (χ2v) is 7.04. The molecule has 1 aliphatic heterocycles. The molecule has 2 aliphatic rings. The molecule has 0 aromatic heterocycles. The lowest BCUT2D eigenvalue weighted by molar-refractivity contribution is -0.0690. The van der Waals surface area contributed by atoms with Crippen molar-refractivity contribution in [1.29, 1.82) is 0 Å². The highest BCUT2D eigenvalue weighted by molar-refractivity contribution is 8.10. The number of hydrogen-bond donors (Lipinski definition) is 3. The first kappa shape index (κ1) is 15.1. The van der Waals surface area contributed by atoms with E-state index in [-0.39, 0.29) is 0 Å². The van der Waals surface area contributed by atoms with Crippen LogP contribution >= 0.6 is 11.8 Å². The van der Waals surface area contributed by atoms with Gasteiger partial charge in [0.25, 0.3) is 0 Å². The van der Waals surface area contributed by atoms with Crippen LogP contribution < -0.4 is 0 Å². The minimum atomic E-state index is -1.51. The third-order valence-corrected chi connectivity index (χ3v) is 5.53. The van der Waals surface area contributed by atoms with E-state index in [1.165, 1.54) is 43.9 Å². The fourth-order valence-corrected chi connectivity index (χ4v) is 3.80. The molecule has 3 N–H and O–H groups in total. The van der Waals surface area contributed by atoms with Crippen molar-refractivity contribution in [2.45, 2.75) is 67.8 Å². The number of thioether (sulfide) groups is 1. The second-order valence-electron chi connectivity index (χ2n) is 5.54. The highest BCUT2D eigenvalue weighted by Gasteiger charge is 2.71. The Morgan fingerprint density at radius 2 is 1.84 bits per heavy atom. The SMILES string of the molecule is CCCCCCCCC1=CC2(C(O)O)SC2(O)C=C1. The molecular weight excluding hydrogens is 260 g/mol. The minimum Gasteiger partial charge on any atom is -0.374 e. The monoisotopic (exact) mass is 284 g/mol. The van der Waals surface area contributed by atoms with Gasteiger partial charge < -0.3 is 15.3 Å². The first-order chi connectivity index (χ1) is 9.04. The van der Waals surface area contributed by atoms with Gasteiger partial charge in [0.1, 0.15) is 4.75 Å². The van der Waals surface area contributed by atoms with Crippen molar-refractivity contribution in [3.63, 3.8) is 0 Å². The summed E-state index contributed by atoms with van der Waals surface area (Å²) in [6, 6.07) is 0. The molecular formula is C15H24O3S. The average Bonchev–Trinajstić information content (AvgIpc) is 3.01. The van der Waals surface area contributed by atoms with Crippen LogP contribution in [0.1, 0.15) is 51.9 Å². The molecule has 1 saturated heterocycles. The van der Waals surface area contributed by atoms with E-state index < -0.39 is 16.0 Å². The number of rotatable bonds is 8. The maximum absolute atomic E-state index is 10.1. The fourth-order valence-electron chi connectivity index (χ4n) is 2.65. The molecule has 0 spiro atoms. The Morgan fingerprint density at radius 1 is 1.16 bits per heavy atom. The number of fused-ring (bicyclic) bond motifs is 1. The average molecular weight is 284 g/mol. The van der Waals surface area contributed by atoms with Crippen LogP contribution in [0.5, 0.6) is 0 Å². The number of hydrogen-bond acceptors (Lipinski definition) is 4. The summed E-state index contributed by atoms with van der Waals surface area (Å²) in [4.78, 5) is -1.11. The van der Waals surface area contributed by atoms with E-state index in [0.29, 0.717) is 0 Å². The van der Waals surface area contributed by atoms with E-state index in [0.717, 1.165) is 18.4 Å². The van der Waals surface area contributed by atoms with E-state index in [1.54, 1.807) is 6.08 Å². The maximum atomic E-state index is 10.1. The molecule has 19 heavy (non-hydrogen) atoms. The summed E-state index contributed by atoms with van der Waals surface area (Å²) >= 11 is 1.20. The van der Waals surface area contributed by atoms with Gasteiger partial charge in [0, 0.05) is 0 Å². The fraction of sp³-hybridized carbons (Fsp3) is 0.733. The Hall–Kier alpha value is -0.290. The number of unbranched alkanes of at least 4 members (excludes halogenated alkanes) is 5. The predicted molar refractivity (Wildman–Crippen MR) is 78.7 cm³/mol. The summed E-state index contributed by atoms with van der Waals surface area (Å²) < 4.78 is -0.917. The highest BCUT2D eigenvalue weighted by atomic mass is 32.2. The molecule has 2 rings (SSSR count). The number of allylic oxidation sites excluding steroid dienone is 2. The number of aliphatic hydroxyl groups excluding tert-OH is 1. The van der Waals surface area contributed by atoms with E-state index >= 15 is 0 Å². The van der Waals surface area contributed by atoms with Gasteiger partial charge in [-0.25, -0.2) is 0 Å². The lowest BCUT2D eigenvalue weighted by atomic mass is 9.90. The van der Waals surface area contributed by atoms with E-state index in [4.69, 9.17) is 0 Å². The topological polar surface area (TPSA) is 60.7 Å². The first-order valence-corrected chi connectivity index (χ1v) is 8.05.